The average Bonchev–Trinajstić information content (AvgIpc) is 3.66. The van der Waals surface area contributed by atoms with Crippen LogP contribution < -0.4 is 15.4 Å². The number of aromatic hydroxyl groups is 1. The van der Waals surface area contributed by atoms with Crippen molar-refractivity contribution in [2.75, 3.05) is 13.1 Å². The third-order valence-corrected chi connectivity index (χ3v) is 7.37. The fourth-order valence-corrected chi connectivity index (χ4v) is 5.44. The monoisotopic (exact) mass is 434 g/mol. The van der Waals surface area contributed by atoms with Gasteiger partial charge in [0.2, 0.25) is 0 Å². The number of rotatable bonds is 7. The summed E-state index contributed by atoms with van der Waals surface area (Å²) in [6, 6.07) is 14.1. The highest BCUT2D eigenvalue weighted by Gasteiger charge is 2.48. The third-order valence-electron chi connectivity index (χ3n) is 7.37. The molecule has 3 N–H and O–H groups in total. The van der Waals surface area contributed by atoms with Crippen LogP contribution in [0.15, 0.2) is 42.5 Å². The van der Waals surface area contributed by atoms with Crippen molar-refractivity contribution in [1.82, 2.24) is 10.6 Å². The number of carbonyl (C=O) groups is 1. The Morgan fingerprint density at radius 1 is 1.12 bits per heavy atom. The predicted molar refractivity (Wildman–Crippen MR) is 125 cm³/mol. The number of Topliss-reactive ketones (excluding diaryl/α,β-unsaturated/α-hetero) is 1. The molecule has 0 radical (unpaired) electrons. The molecule has 0 spiro atoms. The van der Waals surface area contributed by atoms with Gasteiger partial charge in [-0.2, -0.15) is 0 Å². The topological polar surface area (TPSA) is 70.6 Å². The maximum Gasteiger partial charge on any atom is 0.160 e. The third kappa shape index (κ3) is 4.28. The molecule has 1 saturated carbocycles. The van der Waals surface area contributed by atoms with Crippen LogP contribution in [0.25, 0.3) is 0 Å². The molecule has 3 aliphatic rings. The normalized spacial score (nSPS) is 26.2. The summed E-state index contributed by atoms with van der Waals surface area (Å²) in [6.45, 7) is 3.95. The van der Waals surface area contributed by atoms with Crippen LogP contribution in [0.3, 0.4) is 0 Å². The van der Waals surface area contributed by atoms with Crippen LogP contribution in [0.2, 0.25) is 0 Å². The molecule has 1 aliphatic carbocycles. The molecular formula is C27H34N2O3. The average molecular weight is 435 g/mol. The summed E-state index contributed by atoms with van der Waals surface area (Å²) in [6.07, 6.45) is 7.19. The lowest BCUT2D eigenvalue weighted by Gasteiger charge is -2.39. The molecule has 0 bridgehead atoms. The second-order valence-corrected chi connectivity index (χ2v) is 9.76. The zero-order chi connectivity index (χ0) is 22.1. The molecule has 2 aromatic carbocycles. The standard InChI is InChI=1S/C27H34N2O3/c1-18(25-4-2-3-14-28-25)32-23-10-5-19(6-11-23)17-27(26(31)20-7-8-20)24-12-9-22(30)16-21(24)13-15-29-27/h5-6,9-12,16,18,20,25,28-30H,2-4,7-8,13-15,17H2,1H3. The lowest BCUT2D eigenvalue weighted by atomic mass is 9.74. The van der Waals surface area contributed by atoms with Gasteiger partial charge >= 0.3 is 0 Å². The van der Waals surface area contributed by atoms with E-state index >= 15 is 0 Å². The molecule has 2 aliphatic heterocycles. The summed E-state index contributed by atoms with van der Waals surface area (Å²) in [5.74, 6) is 1.58. The molecule has 5 heteroatoms. The van der Waals surface area contributed by atoms with Crippen molar-refractivity contribution < 1.29 is 14.6 Å². The summed E-state index contributed by atoms with van der Waals surface area (Å²) in [5, 5.41) is 17.1. The summed E-state index contributed by atoms with van der Waals surface area (Å²) in [7, 11) is 0. The number of phenols is 1. The highest BCUT2D eigenvalue weighted by atomic mass is 16.5. The first kappa shape index (κ1) is 21.5. The molecule has 0 aromatic heterocycles. The Balaban J connectivity index is 1.37. The van der Waals surface area contributed by atoms with Gasteiger partial charge in [0.05, 0.1) is 0 Å². The Morgan fingerprint density at radius 2 is 1.94 bits per heavy atom. The van der Waals surface area contributed by atoms with Crippen molar-refractivity contribution in [3.8, 4) is 11.5 Å². The largest absolute Gasteiger partial charge is 0.508 e. The van der Waals surface area contributed by atoms with E-state index in [9.17, 15) is 9.90 Å². The molecule has 1 saturated heterocycles. The maximum absolute atomic E-state index is 13.6. The first-order valence-corrected chi connectivity index (χ1v) is 12.2. The Kier molecular flexibility index (Phi) is 5.95. The van der Waals surface area contributed by atoms with Crippen LogP contribution in [-0.2, 0) is 23.2 Å². The second kappa shape index (κ2) is 8.87. The number of fused-ring (bicyclic) bond motifs is 1. The van der Waals surface area contributed by atoms with Crippen molar-refractivity contribution in [2.45, 2.75) is 69.6 Å². The number of hydrogen-bond acceptors (Lipinski definition) is 5. The van der Waals surface area contributed by atoms with Crippen LogP contribution in [0.1, 0.15) is 55.7 Å². The number of ether oxygens (including phenoxy) is 1. The zero-order valence-corrected chi connectivity index (χ0v) is 18.9. The maximum atomic E-state index is 13.6. The molecular weight excluding hydrogens is 400 g/mol. The minimum Gasteiger partial charge on any atom is -0.508 e. The second-order valence-electron chi connectivity index (χ2n) is 9.76. The number of carbonyl (C=O) groups excluding carboxylic acids is 1. The summed E-state index contributed by atoms with van der Waals surface area (Å²) >= 11 is 0. The smallest absolute Gasteiger partial charge is 0.160 e. The molecule has 2 fully saturated rings. The van der Waals surface area contributed by atoms with Crippen LogP contribution in [0, 0.1) is 5.92 Å². The molecule has 2 aromatic rings. The van der Waals surface area contributed by atoms with Crippen molar-refractivity contribution in [3.63, 3.8) is 0 Å². The van der Waals surface area contributed by atoms with Gasteiger partial charge in [0.15, 0.2) is 5.78 Å². The van der Waals surface area contributed by atoms with E-state index in [1.165, 1.54) is 12.8 Å². The van der Waals surface area contributed by atoms with Gasteiger partial charge in [-0.15, -0.1) is 0 Å². The minimum atomic E-state index is -0.718. The fourth-order valence-electron chi connectivity index (χ4n) is 5.44. The molecule has 170 valence electrons. The Bertz CT molecular complexity index is 963. The summed E-state index contributed by atoms with van der Waals surface area (Å²) < 4.78 is 6.22. The van der Waals surface area contributed by atoms with Gasteiger partial charge in [-0.1, -0.05) is 24.6 Å². The number of ketones is 1. The lowest BCUT2D eigenvalue weighted by Crippen LogP contribution is -2.55. The fraction of sp³-hybridized carbons (Fsp3) is 0.519. The lowest BCUT2D eigenvalue weighted by molar-refractivity contribution is -0.127. The molecule has 5 nitrogen and oxygen atoms in total. The first-order chi connectivity index (χ1) is 15.5. The van der Waals surface area contributed by atoms with E-state index < -0.39 is 5.54 Å². The highest BCUT2D eigenvalue weighted by molar-refractivity contribution is 5.94. The first-order valence-electron chi connectivity index (χ1n) is 12.2. The van der Waals surface area contributed by atoms with Gasteiger partial charge in [0.25, 0.3) is 0 Å². The molecule has 2 heterocycles. The van der Waals surface area contributed by atoms with E-state index in [4.69, 9.17) is 4.74 Å². The van der Waals surface area contributed by atoms with E-state index in [2.05, 4.69) is 29.7 Å². The molecule has 3 unspecified atom stereocenters. The van der Waals surface area contributed by atoms with Crippen molar-refractivity contribution in [1.29, 1.82) is 0 Å². The van der Waals surface area contributed by atoms with E-state index in [-0.39, 0.29) is 17.8 Å². The predicted octanol–water partition coefficient (Wildman–Crippen LogP) is 3.86. The highest BCUT2D eigenvalue weighted by Crippen LogP contribution is 2.42. The number of hydrogen-bond donors (Lipinski definition) is 3. The SMILES string of the molecule is CC(Oc1ccc(CC2(C(=O)C3CC3)NCCc3cc(O)ccc32)cc1)C1CCCCN1. The van der Waals surface area contributed by atoms with Crippen molar-refractivity contribution >= 4 is 5.78 Å². The number of nitrogens with one attached hydrogen (secondary N) is 2. The van der Waals surface area contributed by atoms with E-state index in [0.717, 1.165) is 61.2 Å². The van der Waals surface area contributed by atoms with Crippen LogP contribution >= 0.6 is 0 Å². The van der Waals surface area contributed by atoms with Gasteiger partial charge in [0.1, 0.15) is 23.1 Å². The molecule has 0 amide bonds. The Morgan fingerprint density at radius 3 is 2.66 bits per heavy atom. The Labute approximate surface area is 190 Å². The van der Waals surface area contributed by atoms with Gasteiger partial charge in [-0.3, -0.25) is 4.79 Å². The van der Waals surface area contributed by atoms with Crippen LogP contribution in [-0.4, -0.2) is 36.1 Å². The summed E-state index contributed by atoms with van der Waals surface area (Å²) in [5.41, 5.74) is 2.50. The van der Waals surface area contributed by atoms with E-state index in [1.807, 2.05) is 24.3 Å². The van der Waals surface area contributed by atoms with Crippen LogP contribution in [0.4, 0.5) is 0 Å². The molecule has 5 rings (SSSR count). The quantitative estimate of drug-likeness (QED) is 0.617. The van der Waals surface area contributed by atoms with Gasteiger partial charge in [-0.05, 0) is 86.5 Å². The minimum absolute atomic E-state index is 0.128. The zero-order valence-electron chi connectivity index (χ0n) is 18.9. The van der Waals surface area contributed by atoms with E-state index in [0.29, 0.717) is 18.2 Å². The molecule has 32 heavy (non-hydrogen) atoms. The number of phenolic OH excluding ortho intramolecular Hbond substituents is 1. The Hall–Kier alpha value is -2.37. The van der Waals surface area contributed by atoms with Crippen LogP contribution in [0.5, 0.6) is 11.5 Å². The van der Waals surface area contributed by atoms with Crippen molar-refractivity contribution in [3.05, 3.63) is 59.2 Å². The van der Waals surface area contributed by atoms with Gasteiger partial charge in [0, 0.05) is 24.9 Å². The van der Waals surface area contributed by atoms with Gasteiger partial charge in [-0.25, -0.2) is 0 Å². The van der Waals surface area contributed by atoms with Crippen molar-refractivity contribution in [2.24, 2.45) is 5.92 Å². The van der Waals surface area contributed by atoms with Gasteiger partial charge < -0.3 is 20.5 Å². The molecule has 3 atom stereocenters. The number of benzene rings is 2. The van der Waals surface area contributed by atoms with E-state index in [1.54, 1.807) is 6.07 Å². The number of piperidine rings is 1. The summed E-state index contributed by atoms with van der Waals surface area (Å²) in [4.78, 5) is 13.6.